The van der Waals surface area contributed by atoms with Crippen LogP contribution >= 0.6 is 27.3 Å². The van der Waals surface area contributed by atoms with Crippen LogP contribution in [0.5, 0.6) is 0 Å². The van der Waals surface area contributed by atoms with E-state index in [1.54, 1.807) is 13.0 Å². The van der Waals surface area contributed by atoms with Crippen molar-refractivity contribution in [2.75, 3.05) is 4.72 Å². The van der Waals surface area contributed by atoms with Crippen molar-refractivity contribution in [2.45, 2.75) is 32.3 Å². The van der Waals surface area contributed by atoms with Gasteiger partial charge >= 0.3 is 0 Å². The highest BCUT2D eigenvalue weighted by Gasteiger charge is 2.21. The number of halogens is 1. The summed E-state index contributed by atoms with van der Waals surface area (Å²) in [6.45, 7) is 5.20. The van der Waals surface area contributed by atoms with Crippen molar-refractivity contribution in [3.05, 3.63) is 38.3 Å². The second kappa shape index (κ2) is 6.04. The summed E-state index contributed by atoms with van der Waals surface area (Å²) >= 11 is 4.61. The second-order valence-electron chi connectivity index (χ2n) is 4.63. The molecule has 5 nitrogen and oxygen atoms in total. The van der Waals surface area contributed by atoms with Crippen LogP contribution in [0.15, 0.2) is 21.5 Å². The summed E-state index contributed by atoms with van der Waals surface area (Å²) in [5.74, 6) is 0. The third-order valence-electron chi connectivity index (χ3n) is 3.08. The van der Waals surface area contributed by atoms with E-state index in [0.717, 1.165) is 10.6 Å². The van der Waals surface area contributed by atoms with Gasteiger partial charge in [0.15, 0.2) is 5.13 Å². The van der Waals surface area contributed by atoms with Crippen LogP contribution in [0.2, 0.25) is 0 Å². The second-order valence-corrected chi connectivity index (χ2v) is 8.33. The first kappa shape index (κ1) is 16.4. The maximum atomic E-state index is 12.5. The molecule has 1 aromatic carbocycles. The minimum atomic E-state index is -3.75. The first-order valence-electron chi connectivity index (χ1n) is 6.11. The van der Waals surface area contributed by atoms with Gasteiger partial charge < -0.3 is 5.11 Å². The van der Waals surface area contributed by atoms with Gasteiger partial charge in [-0.1, -0.05) is 15.9 Å². The van der Waals surface area contributed by atoms with Crippen LogP contribution in [0, 0.1) is 20.8 Å². The lowest BCUT2D eigenvalue weighted by atomic mass is 10.2. The minimum absolute atomic E-state index is 0.131. The van der Waals surface area contributed by atoms with Crippen molar-refractivity contribution in [2.24, 2.45) is 0 Å². The summed E-state index contributed by atoms with van der Waals surface area (Å²) in [5.41, 5.74) is 1.92. The Morgan fingerprint density at radius 2 is 2.00 bits per heavy atom. The molecule has 0 spiro atoms. The smallest absolute Gasteiger partial charge is 0.263 e. The monoisotopic (exact) mass is 390 g/mol. The molecule has 0 saturated carbocycles. The van der Waals surface area contributed by atoms with Gasteiger partial charge in [0.05, 0.1) is 17.2 Å². The maximum Gasteiger partial charge on any atom is 0.263 e. The standard InChI is InChI=1S/C13H15BrN2O3S2/c1-7-11(14)4-10(6-17)5-12(7)21(18,19)16-13-15-8(2)9(3)20-13/h4-5,17H,6H2,1-3H3,(H,15,16). The Kier molecular flexibility index (Phi) is 4.72. The van der Waals surface area contributed by atoms with Gasteiger partial charge in [-0.05, 0) is 44.0 Å². The van der Waals surface area contributed by atoms with E-state index in [1.807, 2.05) is 13.8 Å². The maximum absolute atomic E-state index is 12.5. The van der Waals surface area contributed by atoms with Gasteiger partial charge in [-0.25, -0.2) is 13.4 Å². The Bertz CT molecular complexity index is 765. The van der Waals surface area contributed by atoms with Crippen LogP contribution in [-0.4, -0.2) is 18.5 Å². The fourth-order valence-electron chi connectivity index (χ4n) is 1.76. The number of nitrogens with zero attached hydrogens (tertiary/aromatic N) is 1. The summed E-state index contributed by atoms with van der Waals surface area (Å²) in [6.07, 6.45) is 0. The van der Waals surface area contributed by atoms with Crippen LogP contribution in [-0.2, 0) is 16.6 Å². The van der Waals surface area contributed by atoms with Crippen LogP contribution in [0.25, 0.3) is 0 Å². The van der Waals surface area contributed by atoms with Crippen LogP contribution in [0.1, 0.15) is 21.7 Å². The van der Waals surface area contributed by atoms with Gasteiger partial charge in [-0.2, -0.15) is 0 Å². The number of nitrogens with one attached hydrogen (secondary N) is 1. The van der Waals surface area contributed by atoms with Gasteiger partial charge in [0.25, 0.3) is 10.0 Å². The molecule has 21 heavy (non-hydrogen) atoms. The summed E-state index contributed by atoms with van der Waals surface area (Å²) in [4.78, 5) is 5.28. The zero-order valence-electron chi connectivity index (χ0n) is 11.8. The summed E-state index contributed by atoms with van der Waals surface area (Å²) in [7, 11) is -3.75. The Balaban J connectivity index is 2.46. The lowest BCUT2D eigenvalue weighted by molar-refractivity contribution is 0.281. The van der Waals surface area contributed by atoms with Crippen molar-refractivity contribution in [3.63, 3.8) is 0 Å². The van der Waals surface area contributed by atoms with Gasteiger partial charge in [0.1, 0.15) is 0 Å². The molecular weight excluding hydrogens is 376 g/mol. The SMILES string of the molecule is Cc1nc(NS(=O)(=O)c2cc(CO)cc(Br)c2C)sc1C. The zero-order chi connectivity index (χ0) is 15.8. The average Bonchev–Trinajstić information content (AvgIpc) is 2.70. The molecule has 0 fully saturated rings. The molecule has 0 saturated heterocycles. The number of hydrogen-bond donors (Lipinski definition) is 2. The molecule has 0 amide bonds. The molecule has 114 valence electrons. The quantitative estimate of drug-likeness (QED) is 0.840. The van der Waals surface area contributed by atoms with Crippen LogP contribution in [0.4, 0.5) is 5.13 Å². The predicted molar refractivity (Wildman–Crippen MR) is 87.2 cm³/mol. The number of rotatable bonds is 4. The molecule has 1 heterocycles. The number of thiazole rings is 1. The first-order valence-corrected chi connectivity index (χ1v) is 9.20. The lowest BCUT2D eigenvalue weighted by Crippen LogP contribution is -2.15. The highest BCUT2D eigenvalue weighted by atomic mass is 79.9. The Hall–Kier alpha value is -0.960. The largest absolute Gasteiger partial charge is 0.392 e. The van der Waals surface area contributed by atoms with Crippen molar-refractivity contribution in [3.8, 4) is 0 Å². The fourth-order valence-corrected chi connectivity index (χ4v) is 4.77. The number of hydrogen-bond acceptors (Lipinski definition) is 5. The summed E-state index contributed by atoms with van der Waals surface area (Å²) < 4.78 is 28.2. The van der Waals surface area contributed by atoms with E-state index in [-0.39, 0.29) is 11.5 Å². The van der Waals surface area contributed by atoms with E-state index >= 15 is 0 Å². The van der Waals surface area contributed by atoms with Crippen molar-refractivity contribution >= 4 is 42.4 Å². The predicted octanol–water partition coefficient (Wildman–Crippen LogP) is 3.12. The third kappa shape index (κ3) is 3.45. The number of aliphatic hydroxyl groups excluding tert-OH is 1. The average molecular weight is 391 g/mol. The molecule has 0 unspecified atom stereocenters. The zero-order valence-corrected chi connectivity index (χ0v) is 15.0. The molecule has 0 bridgehead atoms. The molecule has 2 N–H and O–H groups in total. The number of aryl methyl sites for hydroxylation is 2. The van der Waals surface area contributed by atoms with Gasteiger partial charge in [-0.3, -0.25) is 4.72 Å². The highest BCUT2D eigenvalue weighted by Crippen LogP contribution is 2.29. The van der Waals surface area contributed by atoms with Gasteiger partial charge in [0.2, 0.25) is 0 Å². The van der Waals surface area contributed by atoms with E-state index in [9.17, 15) is 13.5 Å². The Morgan fingerprint density at radius 3 is 2.52 bits per heavy atom. The number of anilines is 1. The van der Waals surface area contributed by atoms with E-state index in [1.165, 1.54) is 17.4 Å². The van der Waals surface area contributed by atoms with Gasteiger partial charge in [0, 0.05) is 9.35 Å². The molecule has 2 aromatic rings. The molecule has 0 aliphatic rings. The van der Waals surface area contributed by atoms with E-state index in [0.29, 0.717) is 20.7 Å². The fraction of sp³-hybridized carbons (Fsp3) is 0.308. The lowest BCUT2D eigenvalue weighted by Gasteiger charge is -2.11. The molecule has 0 aliphatic heterocycles. The third-order valence-corrected chi connectivity index (χ3v) is 6.49. The van der Waals surface area contributed by atoms with Crippen LogP contribution in [0.3, 0.4) is 0 Å². The van der Waals surface area contributed by atoms with Crippen molar-refractivity contribution in [1.29, 1.82) is 0 Å². The molecule has 8 heteroatoms. The molecule has 0 atom stereocenters. The van der Waals surface area contributed by atoms with Crippen LogP contribution < -0.4 is 4.72 Å². The number of benzene rings is 1. The highest BCUT2D eigenvalue weighted by molar-refractivity contribution is 9.10. The molecule has 2 rings (SSSR count). The summed E-state index contributed by atoms with van der Waals surface area (Å²) in [5, 5.41) is 9.57. The van der Waals surface area contributed by atoms with E-state index in [2.05, 4.69) is 25.6 Å². The van der Waals surface area contributed by atoms with Crippen molar-refractivity contribution in [1.82, 2.24) is 4.98 Å². The molecule has 1 aromatic heterocycles. The number of aliphatic hydroxyl groups is 1. The number of aromatic nitrogens is 1. The molecular formula is C13H15BrN2O3S2. The first-order chi connectivity index (χ1) is 9.74. The normalized spacial score (nSPS) is 11.7. The number of sulfonamides is 1. The Labute approximate surface area is 136 Å². The van der Waals surface area contributed by atoms with Gasteiger partial charge in [-0.15, -0.1) is 11.3 Å². The Morgan fingerprint density at radius 1 is 1.33 bits per heavy atom. The topological polar surface area (TPSA) is 79.3 Å². The molecule has 0 aliphatic carbocycles. The van der Waals surface area contributed by atoms with Crippen molar-refractivity contribution < 1.29 is 13.5 Å². The van der Waals surface area contributed by atoms with E-state index in [4.69, 9.17) is 0 Å². The minimum Gasteiger partial charge on any atom is -0.392 e. The molecule has 0 radical (unpaired) electrons. The summed E-state index contributed by atoms with van der Waals surface area (Å²) in [6, 6.07) is 3.17. The van der Waals surface area contributed by atoms with E-state index < -0.39 is 10.0 Å².